The molecule has 10 nitrogen and oxygen atoms in total. The minimum Gasteiger partial charge on any atom is -0.482 e. The highest BCUT2D eigenvalue weighted by Gasteiger charge is 2.34. The molecule has 0 aromatic heterocycles. The van der Waals surface area contributed by atoms with E-state index in [9.17, 15) is 14.4 Å². The van der Waals surface area contributed by atoms with Crippen LogP contribution in [-0.4, -0.2) is 65.4 Å². The van der Waals surface area contributed by atoms with Crippen LogP contribution in [0.5, 0.6) is 5.75 Å². The van der Waals surface area contributed by atoms with Gasteiger partial charge in [-0.15, -0.1) is 0 Å². The van der Waals surface area contributed by atoms with Crippen molar-refractivity contribution in [1.29, 1.82) is 5.41 Å². The average Bonchev–Trinajstić information content (AvgIpc) is 3.30. The van der Waals surface area contributed by atoms with Crippen LogP contribution in [-0.2, 0) is 20.9 Å². The molecular formula is C23H33N5O5. The van der Waals surface area contributed by atoms with E-state index in [1.807, 2.05) is 0 Å². The monoisotopic (exact) mass is 459 g/mol. The van der Waals surface area contributed by atoms with E-state index in [-0.39, 0.29) is 36.5 Å². The maximum atomic E-state index is 12.9. The number of hydrogen-bond donors (Lipinski definition) is 5. The van der Waals surface area contributed by atoms with Crippen molar-refractivity contribution >= 4 is 23.6 Å². The van der Waals surface area contributed by atoms with Gasteiger partial charge in [-0.3, -0.25) is 15.0 Å². The van der Waals surface area contributed by atoms with Gasteiger partial charge in [-0.25, -0.2) is 4.79 Å². The maximum absolute atomic E-state index is 12.9. The fourth-order valence-electron chi connectivity index (χ4n) is 4.42. The van der Waals surface area contributed by atoms with E-state index >= 15 is 0 Å². The number of amidine groups is 1. The molecule has 2 aliphatic rings. The van der Waals surface area contributed by atoms with Crippen molar-refractivity contribution in [2.45, 2.75) is 63.6 Å². The summed E-state index contributed by atoms with van der Waals surface area (Å²) in [6, 6.07) is 4.58. The number of aliphatic carboxylic acids is 1. The molecule has 2 amide bonds. The highest BCUT2D eigenvalue weighted by molar-refractivity contribution is 5.95. The second-order valence-electron chi connectivity index (χ2n) is 8.60. The number of carbonyl (C=O) groups is 3. The van der Waals surface area contributed by atoms with Gasteiger partial charge in [-0.05, 0) is 31.7 Å². The van der Waals surface area contributed by atoms with Crippen molar-refractivity contribution in [2.24, 2.45) is 5.73 Å². The number of benzene rings is 1. The first-order valence-electron chi connectivity index (χ1n) is 11.5. The van der Waals surface area contributed by atoms with Gasteiger partial charge in [-0.2, -0.15) is 0 Å². The Morgan fingerprint density at radius 1 is 1.15 bits per heavy atom. The van der Waals surface area contributed by atoms with Crippen molar-refractivity contribution in [3.63, 3.8) is 0 Å². The molecule has 1 aliphatic heterocycles. The molecule has 6 N–H and O–H groups in total. The number of ether oxygens (including phenoxy) is 1. The SMILES string of the molecule is N=C(N)c1ccc(CNC(=O)[C@H]2CCCN2C(=O)CNC2CCCCC2)c(OCC(=O)O)c1. The van der Waals surface area contributed by atoms with E-state index < -0.39 is 18.6 Å². The summed E-state index contributed by atoms with van der Waals surface area (Å²) in [5.41, 5.74) is 6.46. The van der Waals surface area contributed by atoms with Gasteiger partial charge in [0.25, 0.3) is 0 Å². The van der Waals surface area contributed by atoms with E-state index in [1.165, 1.54) is 25.3 Å². The van der Waals surface area contributed by atoms with Gasteiger partial charge in [0.2, 0.25) is 11.8 Å². The van der Waals surface area contributed by atoms with Crippen molar-refractivity contribution in [3.8, 4) is 5.75 Å². The molecule has 3 rings (SSSR count). The molecule has 0 bridgehead atoms. The van der Waals surface area contributed by atoms with Crippen molar-refractivity contribution in [1.82, 2.24) is 15.5 Å². The lowest BCUT2D eigenvalue weighted by atomic mass is 9.95. The average molecular weight is 460 g/mol. The Balaban J connectivity index is 1.57. The summed E-state index contributed by atoms with van der Waals surface area (Å²) in [5.74, 6) is -1.39. The van der Waals surface area contributed by atoms with Crippen LogP contribution < -0.4 is 21.1 Å². The molecule has 1 saturated heterocycles. The van der Waals surface area contributed by atoms with Crippen LogP contribution in [0.4, 0.5) is 0 Å². The van der Waals surface area contributed by atoms with Gasteiger partial charge in [0.1, 0.15) is 17.6 Å². The van der Waals surface area contributed by atoms with E-state index in [2.05, 4.69) is 10.6 Å². The van der Waals surface area contributed by atoms with E-state index in [0.29, 0.717) is 30.1 Å². The van der Waals surface area contributed by atoms with Gasteiger partial charge in [0, 0.05) is 30.3 Å². The standard InChI is InChI=1S/C23H33N5O5/c24-22(25)15-8-9-16(19(11-15)33-14-21(30)31)12-27-23(32)18-7-4-10-28(18)20(29)13-26-17-5-2-1-3-6-17/h8-9,11,17-18,26H,1-7,10,12-14H2,(H3,24,25)(H,27,32)(H,30,31)/t18-/m1/s1. The third-order valence-electron chi connectivity index (χ3n) is 6.21. The van der Waals surface area contributed by atoms with Crippen molar-refractivity contribution in [2.75, 3.05) is 19.7 Å². The smallest absolute Gasteiger partial charge is 0.341 e. The number of carbonyl (C=O) groups excluding carboxylic acids is 2. The molecule has 1 aromatic carbocycles. The first-order chi connectivity index (χ1) is 15.8. The second-order valence-corrected chi connectivity index (χ2v) is 8.60. The molecular weight excluding hydrogens is 426 g/mol. The van der Waals surface area contributed by atoms with Gasteiger partial charge in [-0.1, -0.05) is 31.4 Å². The molecule has 0 radical (unpaired) electrons. The minimum absolute atomic E-state index is 0.0606. The lowest BCUT2D eigenvalue weighted by Gasteiger charge is -2.27. The largest absolute Gasteiger partial charge is 0.482 e. The van der Waals surface area contributed by atoms with Crippen LogP contribution >= 0.6 is 0 Å². The van der Waals surface area contributed by atoms with Crippen molar-refractivity contribution in [3.05, 3.63) is 29.3 Å². The van der Waals surface area contributed by atoms with E-state index in [0.717, 1.165) is 19.3 Å². The number of carboxylic acid groups (broad SMARTS) is 1. The molecule has 1 aromatic rings. The molecule has 33 heavy (non-hydrogen) atoms. The Hall–Kier alpha value is -3.14. The number of amides is 2. The fourth-order valence-corrected chi connectivity index (χ4v) is 4.42. The zero-order valence-electron chi connectivity index (χ0n) is 18.8. The molecule has 1 saturated carbocycles. The lowest BCUT2D eigenvalue weighted by Crippen LogP contribution is -2.49. The Kier molecular flexibility index (Phi) is 8.65. The summed E-state index contributed by atoms with van der Waals surface area (Å²) >= 11 is 0. The summed E-state index contributed by atoms with van der Waals surface area (Å²) in [7, 11) is 0. The number of carboxylic acids is 1. The summed E-state index contributed by atoms with van der Waals surface area (Å²) in [5, 5.41) is 22.7. The quantitative estimate of drug-likeness (QED) is 0.257. The van der Waals surface area contributed by atoms with Crippen LogP contribution in [0, 0.1) is 5.41 Å². The Bertz CT molecular complexity index is 884. The van der Waals surface area contributed by atoms with Crippen LogP contribution in [0.3, 0.4) is 0 Å². The molecule has 0 unspecified atom stereocenters. The van der Waals surface area contributed by atoms with Gasteiger partial charge in [0.05, 0.1) is 6.54 Å². The summed E-state index contributed by atoms with van der Waals surface area (Å²) < 4.78 is 5.32. The number of nitrogens with zero attached hydrogens (tertiary/aromatic N) is 1. The number of nitrogen functional groups attached to an aromatic ring is 1. The van der Waals surface area contributed by atoms with Crippen LogP contribution in [0.2, 0.25) is 0 Å². The summed E-state index contributed by atoms with van der Waals surface area (Å²) in [6.07, 6.45) is 7.18. The van der Waals surface area contributed by atoms with Crippen molar-refractivity contribution < 1.29 is 24.2 Å². The highest BCUT2D eigenvalue weighted by atomic mass is 16.5. The lowest BCUT2D eigenvalue weighted by molar-refractivity contribution is -0.139. The molecule has 0 spiro atoms. The minimum atomic E-state index is -1.14. The van der Waals surface area contributed by atoms with E-state index in [1.54, 1.807) is 17.0 Å². The maximum Gasteiger partial charge on any atom is 0.341 e. The first kappa shape index (κ1) is 24.5. The number of likely N-dealkylation sites (tertiary alicyclic amines) is 1. The fraction of sp³-hybridized carbons (Fsp3) is 0.565. The predicted octanol–water partition coefficient (Wildman–Crippen LogP) is 0.964. The summed E-state index contributed by atoms with van der Waals surface area (Å²) in [4.78, 5) is 38.2. The normalized spacial score (nSPS) is 18.7. The molecule has 1 aliphatic carbocycles. The first-order valence-corrected chi connectivity index (χ1v) is 11.5. The molecule has 1 heterocycles. The number of rotatable bonds is 10. The van der Waals surface area contributed by atoms with Gasteiger partial charge in [0.15, 0.2) is 6.61 Å². The Morgan fingerprint density at radius 2 is 1.91 bits per heavy atom. The van der Waals surface area contributed by atoms with E-state index in [4.69, 9.17) is 21.0 Å². The zero-order chi connectivity index (χ0) is 23.8. The van der Waals surface area contributed by atoms with Gasteiger partial charge >= 0.3 is 5.97 Å². The number of nitrogens with one attached hydrogen (secondary N) is 3. The summed E-state index contributed by atoms with van der Waals surface area (Å²) in [6.45, 7) is 0.351. The number of nitrogens with two attached hydrogens (primary N) is 1. The number of hydrogen-bond acceptors (Lipinski definition) is 6. The van der Waals surface area contributed by atoms with Crippen LogP contribution in [0.15, 0.2) is 18.2 Å². The van der Waals surface area contributed by atoms with Gasteiger partial charge < -0.3 is 31.1 Å². The predicted molar refractivity (Wildman–Crippen MR) is 122 cm³/mol. The van der Waals surface area contributed by atoms with Crippen LogP contribution in [0.1, 0.15) is 56.1 Å². The molecule has 1 atom stereocenters. The molecule has 10 heteroatoms. The third kappa shape index (κ3) is 6.92. The highest BCUT2D eigenvalue weighted by Crippen LogP contribution is 2.22. The third-order valence-corrected chi connectivity index (χ3v) is 6.21. The van der Waals surface area contributed by atoms with Crippen LogP contribution in [0.25, 0.3) is 0 Å². The zero-order valence-corrected chi connectivity index (χ0v) is 18.8. The Labute approximate surface area is 193 Å². The Morgan fingerprint density at radius 3 is 2.61 bits per heavy atom. The second kappa shape index (κ2) is 11.6. The molecule has 180 valence electrons. The molecule has 2 fully saturated rings. The topological polar surface area (TPSA) is 158 Å².